The van der Waals surface area contributed by atoms with Crippen LogP contribution in [0.4, 0.5) is 0 Å². The van der Waals surface area contributed by atoms with Crippen molar-refractivity contribution in [2.45, 2.75) is 85.9 Å². The van der Waals surface area contributed by atoms with Crippen molar-refractivity contribution in [2.24, 2.45) is 0 Å². The molecule has 0 heterocycles. The van der Waals surface area contributed by atoms with E-state index in [0.29, 0.717) is 0 Å². The van der Waals surface area contributed by atoms with Crippen LogP contribution >= 0.6 is 0 Å². The molecule has 0 aromatic heterocycles. The second-order valence-corrected chi connectivity index (χ2v) is 26.8. The van der Waals surface area contributed by atoms with Gasteiger partial charge in [0.15, 0.2) is 0 Å². The first-order valence-electron chi connectivity index (χ1n) is 14.1. The van der Waals surface area contributed by atoms with E-state index in [1.54, 1.807) is 31.9 Å². The maximum Gasteiger partial charge on any atom is 0.136 e. The Balaban J connectivity index is 2.08. The van der Waals surface area contributed by atoms with E-state index in [1.165, 1.54) is 27.8 Å². The maximum absolute atomic E-state index is 2.60. The molecule has 1 aliphatic rings. The van der Waals surface area contributed by atoms with Crippen molar-refractivity contribution in [3.63, 3.8) is 0 Å². The third-order valence-electron chi connectivity index (χ3n) is 8.79. The Labute approximate surface area is 236 Å². The van der Waals surface area contributed by atoms with Crippen LogP contribution in [-0.2, 0) is 0 Å². The number of allylic oxidation sites excluding steroid dienone is 4. The molecule has 1 atom stereocenters. The molecule has 0 saturated heterocycles. The summed E-state index contributed by atoms with van der Waals surface area (Å²) >= 11 is 0. The normalized spacial score (nSPS) is 18.7. The van der Waals surface area contributed by atoms with Gasteiger partial charge in [0.2, 0.25) is 0 Å². The fourth-order valence-corrected chi connectivity index (χ4v) is 12.8. The smallest absolute Gasteiger partial charge is 0.0656 e. The molecule has 0 fully saturated rings. The molecule has 1 aliphatic carbocycles. The van der Waals surface area contributed by atoms with E-state index >= 15 is 0 Å². The summed E-state index contributed by atoms with van der Waals surface area (Å²) in [6.07, 6.45) is 0. The fraction of sp³-hybridized carbons (Fsp3) is 0.371. The van der Waals surface area contributed by atoms with Crippen molar-refractivity contribution in [3.05, 3.63) is 100 Å². The van der Waals surface area contributed by atoms with E-state index < -0.39 is 24.9 Å². The van der Waals surface area contributed by atoms with Crippen LogP contribution < -0.4 is 20.7 Å². The molecule has 3 aromatic rings. The van der Waals surface area contributed by atoms with Crippen LogP contribution in [0.15, 0.2) is 83.4 Å². The number of hydrogen-bond donors (Lipinski definition) is 0. The highest BCUT2D eigenvalue weighted by Gasteiger charge is 2.48. The van der Waals surface area contributed by atoms with Gasteiger partial charge in [0, 0.05) is 5.04 Å². The first-order valence-corrected chi connectivity index (χ1v) is 22.6. The first kappa shape index (κ1) is 28.8. The lowest BCUT2D eigenvalue weighted by Crippen LogP contribution is -2.54. The van der Waals surface area contributed by atoms with Crippen LogP contribution in [0.3, 0.4) is 0 Å². The summed E-state index contributed by atoms with van der Waals surface area (Å²) in [5.41, 5.74) is 10.1. The van der Waals surface area contributed by atoms with Crippen molar-refractivity contribution in [1.29, 1.82) is 0 Å². The zero-order valence-electron chi connectivity index (χ0n) is 25.9. The molecule has 0 spiro atoms. The van der Waals surface area contributed by atoms with E-state index in [1.807, 2.05) is 0 Å². The van der Waals surface area contributed by atoms with Crippen LogP contribution in [0.2, 0.25) is 44.3 Å². The second-order valence-electron chi connectivity index (χ2n) is 13.8. The predicted octanol–water partition coefficient (Wildman–Crippen LogP) is 7.59. The Hall–Kier alpha value is -2.21. The fourth-order valence-electron chi connectivity index (χ4n) is 6.37. The summed E-state index contributed by atoms with van der Waals surface area (Å²) in [6, 6.07) is 26.7. The number of rotatable bonds is 6. The third kappa shape index (κ3) is 5.17. The highest BCUT2D eigenvalue weighted by Crippen LogP contribution is 2.58. The molecular weight excluding hydrogens is 505 g/mol. The van der Waals surface area contributed by atoms with Gasteiger partial charge in [-0.15, -0.1) is 0 Å². The van der Waals surface area contributed by atoms with Gasteiger partial charge in [-0.25, -0.2) is 0 Å². The van der Waals surface area contributed by atoms with Crippen molar-refractivity contribution >= 4 is 51.3 Å². The van der Waals surface area contributed by atoms with Crippen LogP contribution in [0.5, 0.6) is 0 Å². The number of benzene rings is 3. The summed E-state index contributed by atoms with van der Waals surface area (Å²) in [4.78, 5) is 0. The van der Waals surface area contributed by atoms with Gasteiger partial charge < -0.3 is 0 Å². The predicted molar refractivity (Wildman–Crippen MR) is 179 cm³/mol. The van der Waals surface area contributed by atoms with Gasteiger partial charge >= 0.3 is 0 Å². The zero-order chi connectivity index (χ0) is 28.2. The maximum atomic E-state index is 2.60. The minimum Gasteiger partial charge on any atom is -0.0656 e. The minimum absolute atomic E-state index is 0.0464. The van der Waals surface area contributed by atoms with Crippen molar-refractivity contribution in [1.82, 2.24) is 0 Å². The Kier molecular flexibility index (Phi) is 7.63. The zero-order valence-corrected chi connectivity index (χ0v) is 28.9. The van der Waals surface area contributed by atoms with Gasteiger partial charge in [0.05, 0.1) is 16.1 Å². The van der Waals surface area contributed by atoms with Gasteiger partial charge in [-0.3, -0.25) is 0 Å². The Bertz CT molecular complexity index is 1360. The molecule has 0 nitrogen and oxygen atoms in total. The molecule has 0 bridgehead atoms. The molecule has 3 aromatic carbocycles. The highest BCUT2D eigenvalue weighted by molar-refractivity contribution is 6.93. The largest absolute Gasteiger partial charge is 0.136 e. The van der Waals surface area contributed by atoms with E-state index in [2.05, 4.69) is 148 Å². The summed E-state index contributed by atoms with van der Waals surface area (Å²) < 4.78 is 0. The summed E-state index contributed by atoms with van der Waals surface area (Å²) in [6.45, 7) is 29.1. The summed E-state index contributed by atoms with van der Waals surface area (Å²) in [7, 11) is -4.16. The van der Waals surface area contributed by atoms with Gasteiger partial charge in [-0.05, 0) is 56.9 Å². The minimum atomic E-state index is -1.46. The van der Waals surface area contributed by atoms with E-state index in [-0.39, 0.29) is 5.04 Å². The Morgan fingerprint density at radius 3 is 1.45 bits per heavy atom. The van der Waals surface area contributed by atoms with Crippen LogP contribution in [0.25, 0.3) is 5.57 Å². The van der Waals surface area contributed by atoms with E-state index in [4.69, 9.17) is 0 Å². The van der Waals surface area contributed by atoms with E-state index in [9.17, 15) is 0 Å². The molecule has 0 N–H and O–H groups in total. The number of hydrogen-bond acceptors (Lipinski definition) is 0. The standard InChI is InChI=1S/C35H47Si3/c1-24-19-25(2)21-29(20-24)34-27(4)26(3)28(5)35(34,6)36(30-15-13-17-32(22-30)37(7,8)9)31-16-14-18-33(23-31)38(10,11)12/h13-23H,1-12H3. The molecule has 38 heavy (non-hydrogen) atoms. The van der Waals surface area contributed by atoms with Crippen molar-refractivity contribution < 1.29 is 0 Å². The molecule has 1 unspecified atom stereocenters. The molecular formula is C35H47Si3. The number of aryl methyl sites for hydroxylation is 2. The van der Waals surface area contributed by atoms with Gasteiger partial charge in [0.1, 0.15) is 8.80 Å². The molecule has 3 heteroatoms. The first-order chi connectivity index (χ1) is 17.5. The van der Waals surface area contributed by atoms with Crippen molar-refractivity contribution in [3.8, 4) is 0 Å². The molecule has 1 radical (unpaired) electrons. The topological polar surface area (TPSA) is 0 Å². The van der Waals surface area contributed by atoms with Crippen LogP contribution in [0.1, 0.15) is 44.4 Å². The van der Waals surface area contributed by atoms with Gasteiger partial charge in [-0.1, -0.05) is 150 Å². The summed E-state index contributed by atoms with van der Waals surface area (Å²) in [5, 5.41) is 6.18. The lowest BCUT2D eigenvalue weighted by atomic mass is 9.89. The average Bonchev–Trinajstić information content (AvgIpc) is 2.98. The van der Waals surface area contributed by atoms with E-state index in [0.717, 1.165) is 0 Å². The molecule has 199 valence electrons. The summed E-state index contributed by atoms with van der Waals surface area (Å²) in [5.74, 6) is 0. The molecule has 4 rings (SSSR count). The lowest BCUT2D eigenvalue weighted by Gasteiger charge is -2.39. The SMILES string of the molecule is CC1=C(C)C(C)([Si](c2cccc([Si](C)(C)C)c2)c2cccc([Si](C)(C)C)c2)C(c2cc(C)cc(C)c2)=C1C. The van der Waals surface area contributed by atoms with Crippen molar-refractivity contribution in [2.75, 3.05) is 0 Å². The van der Waals surface area contributed by atoms with Crippen LogP contribution in [0, 0.1) is 13.8 Å². The third-order valence-corrected chi connectivity index (χ3v) is 16.3. The highest BCUT2D eigenvalue weighted by atomic mass is 28.3. The average molecular weight is 552 g/mol. The van der Waals surface area contributed by atoms with Gasteiger partial charge in [0.25, 0.3) is 0 Å². The molecule has 0 amide bonds. The van der Waals surface area contributed by atoms with Crippen LogP contribution in [-0.4, -0.2) is 24.9 Å². The lowest BCUT2D eigenvalue weighted by molar-refractivity contribution is 0.901. The quantitative estimate of drug-likeness (QED) is 0.277. The second kappa shape index (κ2) is 10.1. The molecule has 0 aliphatic heterocycles. The molecule has 0 saturated carbocycles. The van der Waals surface area contributed by atoms with Gasteiger partial charge in [-0.2, -0.15) is 0 Å². The Morgan fingerprint density at radius 1 is 0.579 bits per heavy atom. The Morgan fingerprint density at radius 2 is 1.03 bits per heavy atom. The monoisotopic (exact) mass is 551 g/mol.